The quantitative estimate of drug-likeness (QED) is 0.730. The number of rotatable bonds is 7. The number of methoxy groups -OCH3 is 3. The maximum Gasteiger partial charge on any atom is 0.227 e. The number of carbonyl (C=O) groups excluding carboxylic acids is 2. The molecule has 166 valence electrons. The normalized spacial score (nSPS) is 18.6. The molecule has 2 atom stereocenters. The van der Waals surface area contributed by atoms with Crippen LogP contribution in [0, 0.1) is 5.92 Å². The number of benzene rings is 2. The first-order chi connectivity index (χ1) is 14.9. The van der Waals surface area contributed by atoms with Crippen LogP contribution in [-0.4, -0.2) is 39.2 Å². The van der Waals surface area contributed by atoms with Crippen molar-refractivity contribution in [1.29, 1.82) is 0 Å². The number of hydrogen-bond donors (Lipinski definition) is 1. The van der Waals surface area contributed by atoms with Crippen molar-refractivity contribution in [2.24, 2.45) is 5.92 Å². The number of amides is 2. The van der Waals surface area contributed by atoms with Gasteiger partial charge in [0.2, 0.25) is 11.8 Å². The van der Waals surface area contributed by atoms with Gasteiger partial charge >= 0.3 is 0 Å². The van der Waals surface area contributed by atoms with E-state index in [0.29, 0.717) is 35.8 Å². The molecule has 0 unspecified atom stereocenters. The van der Waals surface area contributed by atoms with E-state index >= 15 is 0 Å². The van der Waals surface area contributed by atoms with Crippen LogP contribution in [0.1, 0.15) is 38.3 Å². The molecule has 1 N–H and O–H groups in total. The van der Waals surface area contributed by atoms with Gasteiger partial charge in [-0.2, -0.15) is 0 Å². The summed E-state index contributed by atoms with van der Waals surface area (Å²) in [5, 5.41) is 3.02. The topological polar surface area (TPSA) is 77.1 Å². The summed E-state index contributed by atoms with van der Waals surface area (Å²) in [4.78, 5) is 28.0. The number of ether oxygens (including phenoxy) is 3. The second kappa shape index (κ2) is 9.73. The number of hydrogen-bond acceptors (Lipinski definition) is 5. The average Bonchev–Trinajstić information content (AvgIpc) is 2.77. The SMILES string of the molecule is COc1ccc(N2C(=O)CC[C@H](C(=O)NC(C)C)[C@@H]2c2ccc(OC)c(OC)c2)cc1. The van der Waals surface area contributed by atoms with E-state index in [0.717, 1.165) is 5.56 Å². The van der Waals surface area contributed by atoms with Crippen molar-refractivity contribution in [3.05, 3.63) is 48.0 Å². The molecule has 2 aromatic rings. The van der Waals surface area contributed by atoms with Crippen molar-refractivity contribution >= 4 is 17.5 Å². The van der Waals surface area contributed by atoms with E-state index in [1.54, 1.807) is 32.3 Å². The number of nitrogens with zero attached hydrogens (tertiary/aromatic N) is 1. The van der Waals surface area contributed by atoms with Gasteiger partial charge in [0, 0.05) is 18.2 Å². The zero-order chi connectivity index (χ0) is 22.5. The summed E-state index contributed by atoms with van der Waals surface area (Å²) in [6.45, 7) is 3.86. The number of piperidine rings is 1. The van der Waals surface area contributed by atoms with Crippen LogP contribution < -0.4 is 24.4 Å². The van der Waals surface area contributed by atoms with Gasteiger partial charge in [-0.15, -0.1) is 0 Å². The molecule has 0 saturated carbocycles. The van der Waals surface area contributed by atoms with Crippen LogP contribution in [0.5, 0.6) is 17.2 Å². The molecular formula is C24H30N2O5. The lowest BCUT2D eigenvalue weighted by Gasteiger charge is -2.41. The van der Waals surface area contributed by atoms with Gasteiger partial charge in [-0.25, -0.2) is 0 Å². The molecule has 1 fully saturated rings. The second-order valence-corrected chi connectivity index (χ2v) is 7.83. The Hall–Kier alpha value is -3.22. The number of carbonyl (C=O) groups is 2. The standard InChI is InChI=1S/C24H30N2O5/c1-15(2)25-24(28)19-11-13-22(27)26(17-7-9-18(29-3)10-8-17)23(19)16-6-12-20(30-4)21(14-16)31-5/h6-10,12,14-15,19,23H,11,13H2,1-5H3,(H,25,28)/t19-,23-/m0/s1. The Morgan fingerprint density at radius 3 is 2.26 bits per heavy atom. The van der Waals surface area contributed by atoms with Crippen molar-refractivity contribution in [2.45, 2.75) is 38.8 Å². The van der Waals surface area contributed by atoms with E-state index in [1.807, 2.05) is 50.2 Å². The van der Waals surface area contributed by atoms with Crippen molar-refractivity contribution in [1.82, 2.24) is 5.32 Å². The number of nitrogens with one attached hydrogen (secondary N) is 1. The lowest BCUT2D eigenvalue weighted by Crippen LogP contribution is -2.49. The molecule has 2 aromatic carbocycles. The Kier molecular flexibility index (Phi) is 7.05. The molecule has 0 bridgehead atoms. The summed E-state index contributed by atoms with van der Waals surface area (Å²) in [5.74, 6) is 1.34. The van der Waals surface area contributed by atoms with Crippen LogP contribution in [0.4, 0.5) is 5.69 Å². The molecular weight excluding hydrogens is 396 g/mol. The largest absolute Gasteiger partial charge is 0.497 e. The average molecular weight is 427 g/mol. The summed E-state index contributed by atoms with van der Waals surface area (Å²) >= 11 is 0. The molecule has 1 heterocycles. The zero-order valence-electron chi connectivity index (χ0n) is 18.7. The van der Waals surface area contributed by atoms with Gasteiger partial charge in [0.05, 0.1) is 33.3 Å². The maximum absolute atomic E-state index is 13.1. The molecule has 31 heavy (non-hydrogen) atoms. The van der Waals surface area contributed by atoms with E-state index in [4.69, 9.17) is 14.2 Å². The summed E-state index contributed by atoms with van der Waals surface area (Å²) in [6.07, 6.45) is 0.773. The molecule has 3 rings (SSSR count). The molecule has 1 aliphatic rings. The maximum atomic E-state index is 13.1. The Balaban J connectivity index is 2.11. The van der Waals surface area contributed by atoms with Gasteiger partial charge < -0.3 is 24.4 Å². The minimum atomic E-state index is -0.479. The summed E-state index contributed by atoms with van der Waals surface area (Å²) in [7, 11) is 4.74. The van der Waals surface area contributed by atoms with Gasteiger partial charge in [0.15, 0.2) is 11.5 Å². The molecule has 0 radical (unpaired) electrons. The zero-order valence-corrected chi connectivity index (χ0v) is 18.7. The third kappa shape index (κ3) is 4.76. The minimum Gasteiger partial charge on any atom is -0.497 e. The highest BCUT2D eigenvalue weighted by molar-refractivity contribution is 5.97. The predicted molar refractivity (Wildman–Crippen MR) is 119 cm³/mol. The van der Waals surface area contributed by atoms with Gasteiger partial charge in [-0.3, -0.25) is 9.59 Å². The Labute approximate surface area is 183 Å². The molecule has 7 heteroatoms. The third-order valence-corrected chi connectivity index (χ3v) is 5.46. The summed E-state index contributed by atoms with van der Waals surface area (Å²) in [5.41, 5.74) is 1.53. The fraction of sp³-hybridized carbons (Fsp3) is 0.417. The molecule has 1 saturated heterocycles. The molecule has 2 amide bonds. The minimum absolute atomic E-state index is 0.00520. The van der Waals surface area contributed by atoms with Crippen LogP contribution in [0.25, 0.3) is 0 Å². The van der Waals surface area contributed by atoms with Gasteiger partial charge in [-0.05, 0) is 62.2 Å². The molecule has 1 aliphatic heterocycles. The van der Waals surface area contributed by atoms with Crippen molar-refractivity contribution in [2.75, 3.05) is 26.2 Å². The first-order valence-corrected chi connectivity index (χ1v) is 10.4. The first-order valence-electron chi connectivity index (χ1n) is 10.4. The lowest BCUT2D eigenvalue weighted by atomic mass is 9.83. The fourth-order valence-corrected chi connectivity index (χ4v) is 4.02. The Bertz CT molecular complexity index is 926. The lowest BCUT2D eigenvalue weighted by molar-refractivity contribution is -0.129. The third-order valence-electron chi connectivity index (χ3n) is 5.46. The Morgan fingerprint density at radius 2 is 1.68 bits per heavy atom. The number of anilines is 1. The van der Waals surface area contributed by atoms with E-state index < -0.39 is 12.0 Å². The van der Waals surface area contributed by atoms with Gasteiger partial charge in [0.25, 0.3) is 0 Å². The van der Waals surface area contributed by atoms with Crippen molar-refractivity contribution in [3.8, 4) is 17.2 Å². The highest BCUT2D eigenvalue weighted by atomic mass is 16.5. The van der Waals surface area contributed by atoms with Gasteiger partial charge in [0.1, 0.15) is 5.75 Å². The van der Waals surface area contributed by atoms with Gasteiger partial charge in [-0.1, -0.05) is 6.07 Å². The smallest absolute Gasteiger partial charge is 0.227 e. The predicted octanol–water partition coefficient (Wildman–Crippen LogP) is 3.72. The highest BCUT2D eigenvalue weighted by Crippen LogP contribution is 2.42. The van der Waals surface area contributed by atoms with Crippen LogP contribution in [-0.2, 0) is 9.59 Å². The van der Waals surface area contributed by atoms with E-state index in [9.17, 15) is 9.59 Å². The van der Waals surface area contributed by atoms with Crippen LogP contribution in [0.3, 0.4) is 0 Å². The molecule has 0 aliphatic carbocycles. The van der Waals surface area contributed by atoms with Crippen LogP contribution >= 0.6 is 0 Å². The molecule has 0 aromatic heterocycles. The first kappa shape index (κ1) is 22.5. The van der Waals surface area contributed by atoms with Crippen LogP contribution in [0.15, 0.2) is 42.5 Å². The van der Waals surface area contributed by atoms with E-state index in [1.165, 1.54) is 0 Å². The summed E-state index contributed by atoms with van der Waals surface area (Å²) in [6, 6.07) is 12.4. The molecule has 7 nitrogen and oxygen atoms in total. The van der Waals surface area contributed by atoms with Crippen molar-refractivity contribution in [3.63, 3.8) is 0 Å². The molecule has 0 spiro atoms. The van der Waals surface area contributed by atoms with Crippen molar-refractivity contribution < 1.29 is 23.8 Å². The monoisotopic (exact) mass is 426 g/mol. The van der Waals surface area contributed by atoms with Crippen LogP contribution in [0.2, 0.25) is 0 Å². The second-order valence-electron chi connectivity index (χ2n) is 7.83. The highest BCUT2D eigenvalue weighted by Gasteiger charge is 2.41. The Morgan fingerprint density at radius 1 is 1.00 bits per heavy atom. The van der Waals surface area contributed by atoms with E-state index in [-0.39, 0.29) is 17.9 Å². The summed E-state index contributed by atoms with van der Waals surface area (Å²) < 4.78 is 16.1. The fourth-order valence-electron chi connectivity index (χ4n) is 4.02. The van der Waals surface area contributed by atoms with E-state index in [2.05, 4.69) is 5.32 Å².